The number of amides is 1. The van der Waals surface area contributed by atoms with Gasteiger partial charge in [-0.1, -0.05) is 0 Å². The number of benzene rings is 1. The molecule has 2 aromatic rings. The molecule has 144 valence electrons. The van der Waals surface area contributed by atoms with E-state index in [4.69, 9.17) is 13.9 Å². The van der Waals surface area contributed by atoms with Crippen LogP contribution >= 0.6 is 0 Å². The fourth-order valence-electron chi connectivity index (χ4n) is 3.66. The van der Waals surface area contributed by atoms with Crippen molar-refractivity contribution < 1.29 is 23.1 Å². The molecular weight excluding hydrogens is 351 g/mol. The van der Waals surface area contributed by atoms with Crippen LogP contribution in [0.3, 0.4) is 0 Å². The van der Waals surface area contributed by atoms with E-state index in [0.717, 1.165) is 18.1 Å². The number of anilines is 1. The van der Waals surface area contributed by atoms with E-state index >= 15 is 0 Å². The van der Waals surface area contributed by atoms with Crippen LogP contribution in [-0.2, 0) is 20.8 Å². The fraction of sp³-hybridized carbons (Fsp3) is 0.450. The molecule has 2 aliphatic heterocycles. The Balaban J connectivity index is 1.52. The van der Waals surface area contributed by atoms with Crippen molar-refractivity contribution in [3.8, 4) is 0 Å². The number of carbonyl (C=O) groups is 1. The van der Waals surface area contributed by atoms with E-state index in [0.29, 0.717) is 38.5 Å². The lowest BCUT2D eigenvalue weighted by Gasteiger charge is -2.43. The van der Waals surface area contributed by atoms with Crippen LogP contribution in [0.1, 0.15) is 11.5 Å². The molecule has 2 saturated heterocycles. The highest BCUT2D eigenvalue weighted by Crippen LogP contribution is 2.28. The first-order chi connectivity index (χ1) is 13.0. The van der Waals surface area contributed by atoms with Gasteiger partial charge in [-0.2, -0.15) is 0 Å². The Bertz CT molecular complexity index is 807. The Kier molecular flexibility index (Phi) is 4.99. The molecule has 1 atom stereocenters. The Morgan fingerprint density at radius 1 is 1.15 bits per heavy atom. The predicted octanol–water partition coefficient (Wildman–Crippen LogP) is 2.36. The maximum atomic E-state index is 13.2. The van der Waals surface area contributed by atoms with Crippen LogP contribution in [0, 0.1) is 12.7 Å². The summed E-state index contributed by atoms with van der Waals surface area (Å²) >= 11 is 0. The average Bonchev–Trinajstić information content (AvgIpc) is 2.96. The summed E-state index contributed by atoms with van der Waals surface area (Å²) in [7, 11) is 0. The van der Waals surface area contributed by atoms with Gasteiger partial charge >= 0.3 is 0 Å². The van der Waals surface area contributed by atoms with E-state index in [-0.39, 0.29) is 18.3 Å². The van der Waals surface area contributed by atoms with Crippen molar-refractivity contribution in [3.63, 3.8) is 0 Å². The number of furan rings is 1. The zero-order valence-electron chi connectivity index (χ0n) is 15.3. The van der Waals surface area contributed by atoms with Crippen molar-refractivity contribution in [3.05, 3.63) is 53.7 Å². The number of halogens is 1. The Labute approximate surface area is 157 Å². The quantitative estimate of drug-likeness (QED) is 0.826. The molecule has 7 heteroatoms. The summed E-state index contributed by atoms with van der Waals surface area (Å²) in [5.74, 6) is 1.32. The summed E-state index contributed by atoms with van der Waals surface area (Å²) in [5.41, 5.74) is 0.0435. The first-order valence-electron chi connectivity index (χ1n) is 9.08. The number of hydrogen-bond acceptors (Lipinski definition) is 5. The van der Waals surface area contributed by atoms with Crippen LogP contribution in [0.5, 0.6) is 0 Å². The summed E-state index contributed by atoms with van der Waals surface area (Å²) in [6, 6.07) is 9.88. The molecule has 1 amide bonds. The standard InChI is InChI=1S/C20H23FN2O4/c1-15-2-7-18(27-15)10-22-8-9-25-14-20(12-22)13-23(19(24)11-26-20)17-5-3-16(21)4-6-17/h2-7H,8-14H2,1H3/t20-/m1/s1. The highest BCUT2D eigenvalue weighted by Gasteiger charge is 2.43. The van der Waals surface area contributed by atoms with Crippen LogP contribution in [0.25, 0.3) is 0 Å². The maximum Gasteiger partial charge on any atom is 0.253 e. The highest BCUT2D eigenvalue weighted by atomic mass is 19.1. The van der Waals surface area contributed by atoms with Crippen molar-refractivity contribution >= 4 is 11.6 Å². The number of nitrogens with zero attached hydrogens (tertiary/aromatic N) is 2. The molecule has 0 radical (unpaired) electrons. The van der Waals surface area contributed by atoms with Gasteiger partial charge in [0, 0.05) is 18.8 Å². The molecule has 6 nitrogen and oxygen atoms in total. The Morgan fingerprint density at radius 2 is 1.96 bits per heavy atom. The SMILES string of the molecule is Cc1ccc(CN2CCOC[C@@]3(C2)CN(c2ccc(F)cc2)C(=O)CO3)o1. The predicted molar refractivity (Wildman–Crippen MR) is 97.0 cm³/mol. The van der Waals surface area contributed by atoms with Crippen LogP contribution in [0.2, 0.25) is 0 Å². The molecule has 1 spiro atoms. The molecule has 4 rings (SSSR count). The number of carbonyl (C=O) groups excluding carboxylic acids is 1. The normalized spacial score (nSPS) is 24.4. The average molecular weight is 374 g/mol. The molecule has 27 heavy (non-hydrogen) atoms. The summed E-state index contributed by atoms with van der Waals surface area (Å²) in [5, 5.41) is 0. The van der Waals surface area contributed by atoms with Gasteiger partial charge in [0.15, 0.2) is 0 Å². The first-order valence-corrected chi connectivity index (χ1v) is 9.08. The molecule has 2 aliphatic rings. The lowest BCUT2D eigenvalue weighted by Crippen LogP contribution is -2.60. The molecule has 1 aromatic heterocycles. The second kappa shape index (κ2) is 7.42. The number of ether oxygens (including phenoxy) is 2. The first kappa shape index (κ1) is 18.2. The molecule has 0 unspecified atom stereocenters. The highest BCUT2D eigenvalue weighted by molar-refractivity contribution is 5.95. The van der Waals surface area contributed by atoms with Crippen LogP contribution in [0.4, 0.5) is 10.1 Å². The topological polar surface area (TPSA) is 55.2 Å². The number of morpholine rings is 1. The van der Waals surface area contributed by atoms with Gasteiger partial charge in [-0.15, -0.1) is 0 Å². The molecule has 3 heterocycles. The van der Waals surface area contributed by atoms with Crippen molar-refractivity contribution in [1.82, 2.24) is 4.90 Å². The van der Waals surface area contributed by atoms with Gasteiger partial charge in [0.1, 0.15) is 29.5 Å². The van der Waals surface area contributed by atoms with E-state index in [1.165, 1.54) is 12.1 Å². The van der Waals surface area contributed by atoms with Crippen molar-refractivity contribution in [2.24, 2.45) is 0 Å². The van der Waals surface area contributed by atoms with Gasteiger partial charge in [-0.05, 0) is 43.3 Å². The second-order valence-corrected chi connectivity index (χ2v) is 7.20. The lowest BCUT2D eigenvalue weighted by molar-refractivity contribution is -0.146. The van der Waals surface area contributed by atoms with Crippen LogP contribution < -0.4 is 4.90 Å². The zero-order chi connectivity index (χ0) is 18.9. The number of aryl methyl sites for hydroxylation is 1. The van der Waals surface area contributed by atoms with Gasteiger partial charge in [0.2, 0.25) is 0 Å². The van der Waals surface area contributed by atoms with E-state index in [1.807, 2.05) is 19.1 Å². The molecule has 0 N–H and O–H groups in total. The van der Waals surface area contributed by atoms with E-state index in [9.17, 15) is 9.18 Å². The minimum atomic E-state index is -0.625. The monoisotopic (exact) mass is 374 g/mol. The summed E-state index contributed by atoms with van der Waals surface area (Å²) in [4.78, 5) is 16.3. The smallest absolute Gasteiger partial charge is 0.253 e. The van der Waals surface area contributed by atoms with Crippen molar-refractivity contribution in [2.75, 3.05) is 44.4 Å². The third kappa shape index (κ3) is 4.05. The molecule has 0 aliphatic carbocycles. The van der Waals surface area contributed by atoms with Gasteiger partial charge in [-0.3, -0.25) is 9.69 Å². The van der Waals surface area contributed by atoms with Crippen molar-refractivity contribution in [1.29, 1.82) is 0 Å². The second-order valence-electron chi connectivity index (χ2n) is 7.20. The van der Waals surface area contributed by atoms with Gasteiger partial charge < -0.3 is 18.8 Å². The number of hydrogen-bond donors (Lipinski definition) is 0. The van der Waals surface area contributed by atoms with E-state index < -0.39 is 5.60 Å². The summed E-state index contributed by atoms with van der Waals surface area (Å²) < 4.78 is 30.7. The summed E-state index contributed by atoms with van der Waals surface area (Å²) in [6.45, 7) is 5.31. The molecule has 0 bridgehead atoms. The van der Waals surface area contributed by atoms with Crippen LogP contribution in [0.15, 0.2) is 40.8 Å². The molecule has 0 saturated carbocycles. The number of rotatable bonds is 3. The molecule has 2 fully saturated rings. The molecule has 1 aromatic carbocycles. The molecular formula is C20H23FN2O4. The fourth-order valence-corrected chi connectivity index (χ4v) is 3.66. The van der Waals surface area contributed by atoms with Crippen LogP contribution in [-0.4, -0.2) is 55.9 Å². The minimum absolute atomic E-state index is 0.0194. The zero-order valence-corrected chi connectivity index (χ0v) is 15.3. The third-order valence-electron chi connectivity index (χ3n) is 4.99. The third-order valence-corrected chi connectivity index (χ3v) is 4.99. The Morgan fingerprint density at radius 3 is 2.70 bits per heavy atom. The van der Waals surface area contributed by atoms with E-state index in [2.05, 4.69) is 4.90 Å². The van der Waals surface area contributed by atoms with Gasteiger partial charge in [0.05, 0.1) is 26.3 Å². The van der Waals surface area contributed by atoms with Gasteiger partial charge in [-0.25, -0.2) is 4.39 Å². The van der Waals surface area contributed by atoms with Crippen molar-refractivity contribution in [2.45, 2.75) is 19.1 Å². The maximum absolute atomic E-state index is 13.2. The summed E-state index contributed by atoms with van der Waals surface area (Å²) in [6.07, 6.45) is 0. The van der Waals surface area contributed by atoms with Gasteiger partial charge in [0.25, 0.3) is 5.91 Å². The lowest BCUT2D eigenvalue weighted by atomic mass is 10.0. The minimum Gasteiger partial charge on any atom is -0.465 e. The largest absolute Gasteiger partial charge is 0.465 e. The van der Waals surface area contributed by atoms with E-state index in [1.54, 1.807) is 17.0 Å². The Hall–Kier alpha value is -2.22.